The smallest absolute Gasteiger partial charge is 0.344 e. The first-order chi connectivity index (χ1) is 17.3. The number of urea groups is 1. The molecule has 0 saturated carbocycles. The van der Waals surface area contributed by atoms with Crippen LogP contribution in [-0.4, -0.2) is 72.5 Å². The molecule has 0 radical (unpaired) electrons. The third-order valence-electron chi connectivity index (χ3n) is 6.63. The third-order valence-corrected chi connectivity index (χ3v) is 6.63. The van der Waals surface area contributed by atoms with Crippen LogP contribution < -0.4 is 15.5 Å². The van der Waals surface area contributed by atoms with Gasteiger partial charge in [-0.05, 0) is 61.8 Å². The molecule has 0 aromatic heterocycles. The van der Waals surface area contributed by atoms with Crippen molar-refractivity contribution in [1.29, 1.82) is 5.26 Å². The van der Waals surface area contributed by atoms with E-state index in [-0.39, 0.29) is 6.54 Å². The lowest BCUT2D eigenvalue weighted by Gasteiger charge is -2.24. The van der Waals surface area contributed by atoms with Crippen molar-refractivity contribution < 1.29 is 19.1 Å². The van der Waals surface area contributed by atoms with E-state index in [1.165, 1.54) is 0 Å². The first kappa shape index (κ1) is 25.2. The Bertz CT molecular complexity index is 1160. The van der Waals surface area contributed by atoms with Gasteiger partial charge in [-0.3, -0.25) is 24.8 Å². The zero-order chi connectivity index (χ0) is 25.7. The molecule has 0 bridgehead atoms. The van der Waals surface area contributed by atoms with Crippen LogP contribution in [0.2, 0.25) is 0 Å². The van der Waals surface area contributed by atoms with Crippen LogP contribution in [0.15, 0.2) is 48.5 Å². The number of hydrogen-bond acceptors (Lipinski definition) is 7. The predicted octanol–water partition coefficient (Wildman–Crippen LogP) is 1.57. The molecule has 2 saturated heterocycles. The van der Waals surface area contributed by atoms with E-state index in [4.69, 9.17) is 10.00 Å². The maximum Gasteiger partial charge on any atom is 0.344 e. The highest BCUT2D eigenvalue weighted by Gasteiger charge is 2.50. The highest BCUT2D eigenvalue weighted by atomic mass is 16.5. The van der Waals surface area contributed by atoms with E-state index in [2.05, 4.69) is 21.7 Å². The van der Waals surface area contributed by atoms with E-state index in [0.29, 0.717) is 23.4 Å². The van der Waals surface area contributed by atoms with E-state index in [9.17, 15) is 14.4 Å². The second-order valence-corrected chi connectivity index (χ2v) is 9.17. The molecular weight excluding hydrogens is 460 g/mol. The van der Waals surface area contributed by atoms with Gasteiger partial charge < -0.3 is 10.1 Å². The van der Waals surface area contributed by atoms with Crippen LogP contribution in [-0.2, 0) is 21.7 Å². The summed E-state index contributed by atoms with van der Waals surface area (Å²) in [4.78, 5) is 42.7. The van der Waals surface area contributed by atoms with Gasteiger partial charge in [0.15, 0.2) is 0 Å². The van der Waals surface area contributed by atoms with Gasteiger partial charge in [-0.15, -0.1) is 0 Å². The molecule has 36 heavy (non-hydrogen) atoms. The van der Waals surface area contributed by atoms with Gasteiger partial charge in [0.1, 0.15) is 11.3 Å². The van der Waals surface area contributed by atoms with Gasteiger partial charge in [0, 0.05) is 19.6 Å². The molecule has 188 valence electrons. The molecule has 2 fully saturated rings. The SMILES string of the molecule is COc1ccc(C2(C)NC(=O)N(NC(=O)CN3CCCN(Cc4ccc(C#N)cc4)CC3)C2=O)cc1. The summed E-state index contributed by atoms with van der Waals surface area (Å²) in [5, 5.41) is 12.4. The van der Waals surface area contributed by atoms with Crippen molar-refractivity contribution in [3.05, 3.63) is 65.2 Å². The fraction of sp³-hybridized carbons (Fsp3) is 0.385. The van der Waals surface area contributed by atoms with Crippen LogP contribution in [0, 0.1) is 11.3 Å². The van der Waals surface area contributed by atoms with Crippen molar-refractivity contribution in [2.75, 3.05) is 39.8 Å². The molecule has 1 unspecified atom stereocenters. The van der Waals surface area contributed by atoms with E-state index in [0.717, 1.165) is 43.2 Å². The molecule has 10 heteroatoms. The Labute approximate surface area is 210 Å². The van der Waals surface area contributed by atoms with Gasteiger partial charge in [0.2, 0.25) is 0 Å². The Morgan fingerprint density at radius 2 is 1.72 bits per heavy atom. The molecule has 2 aromatic rings. The van der Waals surface area contributed by atoms with Gasteiger partial charge in [-0.1, -0.05) is 24.3 Å². The third kappa shape index (κ3) is 5.48. The summed E-state index contributed by atoms with van der Waals surface area (Å²) in [6.07, 6.45) is 0.891. The van der Waals surface area contributed by atoms with Crippen LogP contribution in [0.3, 0.4) is 0 Å². The second-order valence-electron chi connectivity index (χ2n) is 9.17. The van der Waals surface area contributed by atoms with Crippen molar-refractivity contribution in [1.82, 2.24) is 25.6 Å². The average Bonchev–Trinajstić information content (AvgIpc) is 3.01. The maximum absolute atomic E-state index is 13.1. The number of nitrogens with one attached hydrogen (secondary N) is 2. The van der Waals surface area contributed by atoms with Crippen LogP contribution in [0.4, 0.5) is 4.79 Å². The lowest BCUT2D eigenvalue weighted by molar-refractivity contribution is -0.139. The molecule has 4 rings (SSSR count). The number of imide groups is 1. The summed E-state index contributed by atoms with van der Waals surface area (Å²) in [5.41, 5.74) is 3.56. The molecule has 0 aliphatic carbocycles. The molecule has 4 amide bonds. The van der Waals surface area contributed by atoms with Gasteiger partial charge in [0.05, 0.1) is 25.3 Å². The number of methoxy groups -OCH3 is 1. The number of carbonyl (C=O) groups is 3. The first-order valence-corrected chi connectivity index (χ1v) is 11.9. The molecular formula is C26H30N6O4. The highest BCUT2D eigenvalue weighted by Crippen LogP contribution is 2.29. The van der Waals surface area contributed by atoms with Gasteiger partial charge >= 0.3 is 6.03 Å². The molecule has 0 spiro atoms. The number of rotatable bonds is 7. The fourth-order valence-electron chi connectivity index (χ4n) is 4.51. The summed E-state index contributed by atoms with van der Waals surface area (Å²) in [5.74, 6) is -0.328. The number of amides is 4. The Balaban J connectivity index is 1.30. The first-order valence-electron chi connectivity index (χ1n) is 11.9. The number of benzene rings is 2. The lowest BCUT2D eigenvalue weighted by Crippen LogP contribution is -2.51. The number of carbonyl (C=O) groups excluding carboxylic acids is 3. The zero-order valence-electron chi connectivity index (χ0n) is 20.5. The largest absolute Gasteiger partial charge is 0.497 e. The van der Waals surface area contributed by atoms with Gasteiger partial charge in [-0.2, -0.15) is 10.3 Å². The monoisotopic (exact) mass is 490 g/mol. The van der Waals surface area contributed by atoms with E-state index < -0.39 is 23.4 Å². The number of nitrogens with zero attached hydrogens (tertiary/aromatic N) is 4. The minimum atomic E-state index is -1.29. The number of nitriles is 1. The summed E-state index contributed by atoms with van der Waals surface area (Å²) in [6, 6.07) is 15.9. The van der Waals surface area contributed by atoms with Crippen molar-refractivity contribution in [2.24, 2.45) is 0 Å². The van der Waals surface area contributed by atoms with Gasteiger partial charge in [-0.25, -0.2) is 4.79 Å². The van der Waals surface area contributed by atoms with Crippen molar-refractivity contribution >= 4 is 17.8 Å². The minimum absolute atomic E-state index is 0.0843. The fourth-order valence-corrected chi connectivity index (χ4v) is 4.51. The molecule has 10 nitrogen and oxygen atoms in total. The molecule has 1 atom stereocenters. The van der Waals surface area contributed by atoms with E-state index in [1.807, 2.05) is 29.2 Å². The normalized spacial score (nSPS) is 21.0. The summed E-state index contributed by atoms with van der Waals surface area (Å²) in [6.45, 7) is 5.57. The van der Waals surface area contributed by atoms with Gasteiger partial charge in [0.25, 0.3) is 11.8 Å². The standard InChI is InChI=1S/C26H30N6O4/c1-26(21-8-10-22(36-2)11-9-21)24(34)32(25(35)28-26)29-23(33)18-31-13-3-12-30(14-15-31)17-20-6-4-19(16-27)5-7-20/h4-11H,3,12-15,17-18H2,1-2H3,(H,28,35)(H,29,33). The van der Waals surface area contributed by atoms with Crippen LogP contribution >= 0.6 is 0 Å². The Kier molecular flexibility index (Phi) is 7.52. The van der Waals surface area contributed by atoms with E-state index in [1.54, 1.807) is 38.3 Å². The number of ether oxygens (including phenoxy) is 1. The van der Waals surface area contributed by atoms with Crippen LogP contribution in [0.1, 0.15) is 30.0 Å². The molecule has 2 aliphatic heterocycles. The lowest BCUT2D eigenvalue weighted by atomic mass is 9.92. The highest BCUT2D eigenvalue weighted by molar-refractivity contribution is 6.08. The minimum Gasteiger partial charge on any atom is -0.497 e. The summed E-state index contributed by atoms with van der Waals surface area (Å²) < 4.78 is 5.15. The maximum atomic E-state index is 13.1. The quantitative estimate of drug-likeness (QED) is 0.566. The Morgan fingerprint density at radius 3 is 2.39 bits per heavy atom. The zero-order valence-corrected chi connectivity index (χ0v) is 20.5. The predicted molar refractivity (Wildman–Crippen MR) is 131 cm³/mol. The topological polar surface area (TPSA) is 118 Å². The van der Waals surface area contributed by atoms with Crippen LogP contribution in [0.25, 0.3) is 0 Å². The Hall–Kier alpha value is -3.94. The average molecular weight is 491 g/mol. The van der Waals surface area contributed by atoms with Crippen molar-refractivity contribution in [2.45, 2.75) is 25.4 Å². The molecule has 2 aromatic carbocycles. The molecule has 2 heterocycles. The van der Waals surface area contributed by atoms with Crippen LogP contribution in [0.5, 0.6) is 5.75 Å². The molecule has 2 aliphatic rings. The second kappa shape index (κ2) is 10.8. The van der Waals surface area contributed by atoms with Crippen molar-refractivity contribution in [3.8, 4) is 11.8 Å². The summed E-state index contributed by atoms with van der Waals surface area (Å²) >= 11 is 0. The molecule has 2 N–H and O–H groups in total. The Morgan fingerprint density at radius 1 is 1.06 bits per heavy atom. The number of hydrogen-bond donors (Lipinski definition) is 2. The number of hydrazine groups is 1. The summed E-state index contributed by atoms with van der Waals surface area (Å²) in [7, 11) is 1.55. The van der Waals surface area contributed by atoms with Crippen molar-refractivity contribution in [3.63, 3.8) is 0 Å². The van der Waals surface area contributed by atoms with E-state index >= 15 is 0 Å².